The van der Waals surface area contributed by atoms with Gasteiger partial charge in [0.05, 0.1) is 6.54 Å². The van der Waals surface area contributed by atoms with Crippen molar-refractivity contribution in [1.29, 1.82) is 0 Å². The van der Waals surface area contributed by atoms with Crippen LogP contribution in [0.2, 0.25) is 0 Å². The monoisotopic (exact) mass is 310 g/mol. The number of amides is 1. The third-order valence-corrected chi connectivity index (χ3v) is 3.82. The zero-order valence-corrected chi connectivity index (χ0v) is 13.5. The second kappa shape index (κ2) is 7.56. The van der Waals surface area contributed by atoms with E-state index in [2.05, 4.69) is 10.6 Å². The summed E-state index contributed by atoms with van der Waals surface area (Å²) in [5.74, 6) is 1.59. The highest BCUT2D eigenvalue weighted by molar-refractivity contribution is 7.98. The molecule has 1 aromatic rings. The number of nitrogens with one attached hydrogen (secondary N) is 2. The first-order chi connectivity index (χ1) is 10.1. The molecule has 1 heterocycles. The molecule has 2 N–H and O–H groups in total. The fourth-order valence-corrected chi connectivity index (χ4v) is 2.74. The maximum Gasteiger partial charge on any atom is 0.234 e. The van der Waals surface area contributed by atoms with Gasteiger partial charge in [0.25, 0.3) is 0 Å². The first-order valence-electron chi connectivity index (χ1n) is 7.06. The Hall–Kier alpha value is -1.40. The number of carbonyl (C=O) groups is 1. The number of carbonyl (C=O) groups excluding carboxylic acids is 1. The van der Waals surface area contributed by atoms with Crippen LogP contribution in [0, 0.1) is 0 Å². The maximum absolute atomic E-state index is 11.6. The molecular weight excluding hydrogens is 288 g/mol. The zero-order valence-electron chi connectivity index (χ0n) is 12.7. The average molecular weight is 310 g/mol. The topological polar surface area (TPSA) is 59.6 Å². The van der Waals surface area contributed by atoms with E-state index in [1.54, 1.807) is 11.8 Å². The summed E-state index contributed by atoms with van der Waals surface area (Å²) in [5, 5.41) is 6.02. The van der Waals surface area contributed by atoms with E-state index >= 15 is 0 Å². The van der Waals surface area contributed by atoms with Crippen LogP contribution < -0.4 is 20.1 Å². The highest BCUT2D eigenvalue weighted by Gasteiger charge is 2.15. The number of ether oxygens (including phenoxy) is 2. The highest BCUT2D eigenvalue weighted by Crippen LogP contribution is 2.36. The molecule has 0 bridgehead atoms. The molecule has 116 valence electrons. The van der Waals surface area contributed by atoms with Gasteiger partial charge in [0, 0.05) is 17.5 Å². The molecule has 0 unspecified atom stereocenters. The van der Waals surface area contributed by atoms with Gasteiger partial charge in [0.15, 0.2) is 11.5 Å². The van der Waals surface area contributed by atoms with Gasteiger partial charge in [0.2, 0.25) is 5.91 Å². The van der Waals surface area contributed by atoms with Crippen LogP contribution in [-0.2, 0) is 11.3 Å². The van der Waals surface area contributed by atoms with E-state index in [1.165, 1.54) is 0 Å². The van der Waals surface area contributed by atoms with E-state index in [9.17, 15) is 4.79 Å². The lowest BCUT2D eigenvalue weighted by molar-refractivity contribution is -0.120. The molecule has 0 saturated carbocycles. The smallest absolute Gasteiger partial charge is 0.234 e. The molecule has 0 radical (unpaired) electrons. The Morgan fingerprint density at radius 3 is 2.57 bits per heavy atom. The minimum Gasteiger partial charge on any atom is -0.486 e. The normalized spacial score (nSPS) is 13.3. The molecule has 1 aromatic carbocycles. The predicted molar refractivity (Wildman–Crippen MR) is 84.2 cm³/mol. The number of thioether (sulfide) groups is 1. The number of hydrogen-bond donors (Lipinski definition) is 2. The van der Waals surface area contributed by atoms with Crippen LogP contribution in [0.3, 0.4) is 0 Å². The summed E-state index contributed by atoms with van der Waals surface area (Å²) in [6, 6.07) is 4.16. The van der Waals surface area contributed by atoms with Gasteiger partial charge < -0.3 is 20.1 Å². The molecule has 0 spiro atoms. The summed E-state index contributed by atoms with van der Waals surface area (Å²) in [6.07, 6.45) is 2.03. The van der Waals surface area contributed by atoms with Crippen LogP contribution in [0.4, 0.5) is 0 Å². The van der Waals surface area contributed by atoms with Crippen molar-refractivity contribution in [2.24, 2.45) is 0 Å². The third-order valence-electron chi connectivity index (χ3n) is 3.00. The van der Waals surface area contributed by atoms with Crippen molar-refractivity contribution in [3.8, 4) is 11.5 Å². The third kappa shape index (κ3) is 4.54. The number of hydrogen-bond acceptors (Lipinski definition) is 5. The molecule has 5 nitrogen and oxygen atoms in total. The Morgan fingerprint density at radius 2 is 1.95 bits per heavy atom. The lowest BCUT2D eigenvalue weighted by Crippen LogP contribution is -2.37. The molecule has 0 aliphatic carbocycles. The van der Waals surface area contributed by atoms with Gasteiger partial charge in [0.1, 0.15) is 13.2 Å². The fourth-order valence-electron chi connectivity index (χ4n) is 2.12. The molecule has 0 saturated heterocycles. The maximum atomic E-state index is 11.6. The standard InChI is InChI=1S/C15H22N2O3S/c1-10(2)17-15(18)9-16-8-11-6-12-13(7-14(11)21-3)20-5-4-19-12/h6-7,10,16H,4-5,8-9H2,1-3H3,(H,17,18). The summed E-state index contributed by atoms with van der Waals surface area (Å²) in [4.78, 5) is 12.7. The van der Waals surface area contributed by atoms with E-state index in [1.807, 2.05) is 32.2 Å². The molecule has 2 rings (SSSR count). The van der Waals surface area contributed by atoms with E-state index in [0.717, 1.165) is 22.0 Å². The van der Waals surface area contributed by atoms with Crippen molar-refractivity contribution < 1.29 is 14.3 Å². The first-order valence-corrected chi connectivity index (χ1v) is 8.29. The predicted octanol–water partition coefficient (Wildman–Crippen LogP) is 1.79. The van der Waals surface area contributed by atoms with Gasteiger partial charge in [-0.25, -0.2) is 0 Å². The second-order valence-electron chi connectivity index (χ2n) is 5.13. The molecule has 1 aliphatic rings. The SMILES string of the molecule is CSc1cc2c(cc1CNCC(=O)NC(C)C)OCCO2. The summed E-state index contributed by atoms with van der Waals surface area (Å²) < 4.78 is 11.2. The Morgan fingerprint density at radius 1 is 1.29 bits per heavy atom. The van der Waals surface area contributed by atoms with Crippen LogP contribution >= 0.6 is 11.8 Å². The Balaban J connectivity index is 1.97. The fraction of sp³-hybridized carbons (Fsp3) is 0.533. The number of benzene rings is 1. The lowest BCUT2D eigenvalue weighted by atomic mass is 10.2. The largest absolute Gasteiger partial charge is 0.486 e. The van der Waals surface area contributed by atoms with Crippen molar-refractivity contribution in [2.75, 3.05) is 26.0 Å². The van der Waals surface area contributed by atoms with Crippen LogP contribution in [0.1, 0.15) is 19.4 Å². The zero-order chi connectivity index (χ0) is 15.2. The average Bonchev–Trinajstić information content (AvgIpc) is 2.45. The molecule has 6 heteroatoms. The van der Waals surface area contributed by atoms with Gasteiger partial charge >= 0.3 is 0 Å². The summed E-state index contributed by atoms with van der Waals surface area (Å²) in [5.41, 5.74) is 1.11. The van der Waals surface area contributed by atoms with Crippen molar-refractivity contribution in [2.45, 2.75) is 31.3 Å². The van der Waals surface area contributed by atoms with E-state index in [0.29, 0.717) is 26.3 Å². The van der Waals surface area contributed by atoms with Crippen LogP contribution in [0.25, 0.3) is 0 Å². The molecule has 21 heavy (non-hydrogen) atoms. The van der Waals surface area contributed by atoms with Crippen molar-refractivity contribution in [3.63, 3.8) is 0 Å². The molecule has 1 aliphatic heterocycles. The van der Waals surface area contributed by atoms with Crippen LogP contribution in [0.5, 0.6) is 11.5 Å². The van der Waals surface area contributed by atoms with Gasteiger partial charge in [-0.15, -0.1) is 11.8 Å². The Bertz CT molecular complexity index is 506. The van der Waals surface area contributed by atoms with Crippen LogP contribution in [0.15, 0.2) is 17.0 Å². The Kier molecular flexibility index (Phi) is 5.76. The van der Waals surface area contributed by atoms with Crippen molar-refractivity contribution in [3.05, 3.63) is 17.7 Å². The van der Waals surface area contributed by atoms with Gasteiger partial charge in [-0.05, 0) is 37.8 Å². The molecular formula is C15H22N2O3S. The van der Waals surface area contributed by atoms with Gasteiger partial charge in [-0.2, -0.15) is 0 Å². The van der Waals surface area contributed by atoms with Crippen molar-refractivity contribution in [1.82, 2.24) is 10.6 Å². The van der Waals surface area contributed by atoms with Crippen molar-refractivity contribution >= 4 is 17.7 Å². The number of rotatable bonds is 6. The summed E-state index contributed by atoms with van der Waals surface area (Å²) in [6.45, 7) is 6.00. The first kappa shape index (κ1) is 16.0. The van der Waals surface area contributed by atoms with Gasteiger partial charge in [-0.3, -0.25) is 4.79 Å². The van der Waals surface area contributed by atoms with Crippen LogP contribution in [-0.4, -0.2) is 38.0 Å². The molecule has 0 atom stereocenters. The Labute approximate surface area is 129 Å². The molecule has 0 aromatic heterocycles. The minimum atomic E-state index is 0.00763. The van der Waals surface area contributed by atoms with E-state index in [4.69, 9.17) is 9.47 Å². The van der Waals surface area contributed by atoms with Gasteiger partial charge in [-0.1, -0.05) is 0 Å². The molecule has 0 fully saturated rings. The lowest BCUT2D eigenvalue weighted by Gasteiger charge is -2.21. The second-order valence-corrected chi connectivity index (χ2v) is 5.98. The summed E-state index contributed by atoms with van der Waals surface area (Å²) in [7, 11) is 0. The quantitative estimate of drug-likeness (QED) is 0.785. The highest BCUT2D eigenvalue weighted by atomic mass is 32.2. The van der Waals surface area contributed by atoms with E-state index < -0.39 is 0 Å². The van der Waals surface area contributed by atoms with E-state index in [-0.39, 0.29) is 11.9 Å². The summed E-state index contributed by atoms with van der Waals surface area (Å²) >= 11 is 1.66. The molecule has 1 amide bonds. The minimum absolute atomic E-state index is 0.00763. The number of fused-ring (bicyclic) bond motifs is 1.